The van der Waals surface area contributed by atoms with Crippen LogP contribution in [0.2, 0.25) is 5.02 Å². The molecule has 0 radical (unpaired) electrons. The molecule has 33 heavy (non-hydrogen) atoms. The van der Waals surface area contributed by atoms with Gasteiger partial charge in [0.1, 0.15) is 18.2 Å². The Kier molecular flexibility index (Phi) is 5.73. The fraction of sp³-hybridized carbons (Fsp3) is 0.250. The maximum Gasteiger partial charge on any atom is 0.231 e. The molecule has 0 N–H and O–H groups in total. The van der Waals surface area contributed by atoms with Gasteiger partial charge in [-0.2, -0.15) is 0 Å². The number of carbonyl (C=O) groups excluding carboxylic acids is 1. The number of rotatable bonds is 4. The number of ketones is 1. The van der Waals surface area contributed by atoms with Crippen molar-refractivity contribution in [2.24, 2.45) is 0 Å². The number of carbonyl (C=O) groups is 1. The molecule has 4 nitrogen and oxygen atoms in total. The van der Waals surface area contributed by atoms with Gasteiger partial charge in [0.15, 0.2) is 5.76 Å². The quantitative estimate of drug-likeness (QED) is 0.405. The van der Waals surface area contributed by atoms with Gasteiger partial charge in [0.2, 0.25) is 5.78 Å². The van der Waals surface area contributed by atoms with Crippen molar-refractivity contribution in [3.8, 4) is 11.5 Å². The first kappa shape index (κ1) is 21.7. The third kappa shape index (κ3) is 4.17. The molecule has 5 rings (SSSR count). The normalized spacial score (nSPS) is 16.5. The van der Waals surface area contributed by atoms with Crippen molar-refractivity contribution in [2.75, 3.05) is 6.73 Å². The Hall–Kier alpha value is -3.08. The lowest BCUT2D eigenvalue weighted by Gasteiger charge is -2.30. The lowest BCUT2D eigenvalue weighted by molar-refractivity contribution is 0.0877. The second kappa shape index (κ2) is 8.69. The molecule has 2 aliphatic rings. The molecule has 0 aliphatic carbocycles. The minimum absolute atomic E-state index is 0.0907. The van der Waals surface area contributed by atoms with Crippen molar-refractivity contribution in [3.63, 3.8) is 0 Å². The van der Waals surface area contributed by atoms with E-state index in [-0.39, 0.29) is 5.78 Å². The third-order valence-electron chi connectivity index (χ3n) is 6.25. The van der Waals surface area contributed by atoms with Crippen molar-refractivity contribution in [3.05, 3.63) is 98.8 Å². The Morgan fingerprint density at radius 1 is 1.09 bits per heavy atom. The Bertz CT molecular complexity index is 1260. The molecule has 0 bridgehead atoms. The van der Waals surface area contributed by atoms with Crippen LogP contribution in [0.3, 0.4) is 0 Å². The van der Waals surface area contributed by atoms with Gasteiger partial charge in [0, 0.05) is 29.2 Å². The molecule has 0 fully saturated rings. The number of hydrogen-bond donors (Lipinski definition) is 0. The number of benzene rings is 3. The summed E-state index contributed by atoms with van der Waals surface area (Å²) in [6, 6.07) is 18.0. The number of allylic oxidation sites excluding steroid dienone is 1. The Labute approximate surface area is 199 Å². The topological polar surface area (TPSA) is 38.8 Å². The van der Waals surface area contributed by atoms with E-state index in [4.69, 9.17) is 21.1 Å². The number of hydrogen-bond acceptors (Lipinski definition) is 4. The lowest BCUT2D eigenvalue weighted by atomic mass is 9.99. The summed E-state index contributed by atoms with van der Waals surface area (Å²) >= 11 is 6.34. The fourth-order valence-electron chi connectivity index (χ4n) is 4.39. The minimum atomic E-state index is -0.0907. The lowest BCUT2D eigenvalue weighted by Crippen LogP contribution is -2.32. The second-order valence-corrected chi connectivity index (χ2v) is 9.39. The Morgan fingerprint density at radius 2 is 1.85 bits per heavy atom. The molecular formula is C28H26ClNO3. The molecule has 0 spiro atoms. The number of Topliss-reactive ketones (excluding diaryl/α,β-unsaturated/α-hetero) is 1. The van der Waals surface area contributed by atoms with Crippen LogP contribution in [0.5, 0.6) is 11.5 Å². The highest BCUT2D eigenvalue weighted by Crippen LogP contribution is 2.43. The fourth-order valence-corrected chi connectivity index (χ4v) is 4.59. The molecule has 2 heterocycles. The van der Waals surface area contributed by atoms with Crippen LogP contribution in [0.25, 0.3) is 6.08 Å². The molecule has 0 saturated carbocycles. The third-order valence-corrected chi connectivity index (χ3v) is 6.62. The van der Waals surface area contributed by atoms with Crippen molar-refractivity contribution < 1.29 is 14.3 Å². The van der Waals surface area contributed by atoms with Gasteiger partial charge >= 0.3 is 0 Å². The number of fused-ring (bicyclic) bond motifs is 2. The highest BCUT2D eigenvalue weighted by atomic mass is 35.5. The van der Waals surface area contributed by atoms with E-state index < -0.39 is 0 Å². The predicted octanol–water partition coefficient (Wildman–Crippen LogP) is 6.74. The summed E-state index contributed by atoms with van der Waals surface area (Å²) < 4.78 is 12.1. The van der Waals surface area contributed by atoms with Crippen LogP contribution < -0.4 is 9.47 Å². The summed E-state index contributed by atoms with van der Waals surface area (Å²) in [5, 5.41) is 0.744. The summed E-state index contributed by atoms with van der Waals surface area (Å²) in [4.78, 5) is 15.3. The van der Waals surface area contributed by atoms with Gasteiger partial charge in [-0.25, -0.2) is 0 Å². The Balaban J connectivity index is 1.40. The van der Waals surface area contributed by atoms with E-state index in [0.29, 0.717) is 42.8 Å². The zero-order valence-electron chi connectivity index (χ0n) is 19.0. The number of nitrogens with zero attached hydrogens (tertiary/aromatic N) is 1. The molecule has 0 atom stereocenters. The Morgan fingerprint density at radius 3 is 2.58 bits per heavy atom. The zero-order valence-corrected chi connectivity index (χ0v) is 19.8. The highest BCUT2D eigenvalue weighted by Gasteiger charge is 2.33. The molecule has 168 valence electrons. The number of ether oxygens (including phenoxy) is 2. The molecule has 3 aromatic carbocycles. The summed E-state index contributed by atoms with van der Waals surface area (Å²) in [6.07, 6.45) is 1.81. The first-order chi connectivity index (χ1) is 15.9. The first-order valence-electron chi connectivity index (χ1n) is 11.2. The highest BCUT2D eigenvalue weighted by molar-refractivity contribution is 6.31. The predicted molar refractivity (Wildman–Crippen MR) is 131 cm³/mol. The van der Waals surface area contributed by atoms with E-state index in [9.17, 15) is 4.79 Å². The van der Waals surface area contributed by atoms with Crippen molar-refractivity contribution >= 4 is 23.5 Å². The summed E-state index contributed by atoms with van der Waals surface area (Å²) in [7, 11) is 0. The smallest absolute Gasteiger partial charge is 0.231 e. The van der Waals surface area contributed by atoms with Crippen molar-refractivity contribution in [1.29, 1.82) is 0 Å². The van der Waals surface area contributed by atoms with E-state index in [1.54, 1.807) is 0 Å². The van der Waals surface area contributed by atoms with Gasteiger partial charge < -0.3 is 9.47 Å². The van der Waals surface area contributed by atoms with Gasteiger partial charge in [-0.15, -0.1) is 0 Å². The molecule has 0 unspecified atom stereocenters. The molecule has 5 heteroatoms. The van der Waals surface area contributed by atoms with Crippen molar-refractivity contribution in [1.82, 2.24) is 4.90 Å². The standard InChI is InChI=1S/C28H26ClNO3/c1-17(2)20-10-8-19(9-11-20)12-25-26(31)23-13-22-15-30(14-21-6-4-5-7-24(21)29)16-32-27(22)18(3)28(23)33-25/h4-13,17H,14-16H2,1-3H3/b25-12-. The molecule has 0 saturated heterocycles. The zero-order chi connectivity index (χ0) is 23.1. The molecule has 3 aromatic rings. The van der Waals surface area contributed by atoms with E-state index in [1.165, 1.54) is 5.56 Å². The molecule has 0 amide bonds. The van der Waals surface area contributed by atoms with Gasteiger partial charge in [-0.3, -0.25) is 9.69 Å². The van der Waals surface area contributed by atoms with Crippen LogP contribution in [-0.2, 0) is 13.1 Å². The van der Waals surface area contributed by atoms with Crippen LogP contribution in [-0.4, -0.2) is 17.4 Å². The first-order valence-corrected chi connectivity index (χ1v) is 11.6. The number of halogens is 1. The van der Waals surface area contributed by atoms with Crippen LogP contribution in [0.1, 0.15) is 57.9 Å². The second-order valence-electron chi connectivity index (χ2n) is 8.98. The SMILES string of the molecule is Cc1c2c(cc3c1O/C(=C\c1ccc(C(C)C)cc1)C3=O)CN(Cc1ccccc1Cl)CO2. The van der Waals surface area contributed by atoms with Crippen LogP contribution in [0, 0.1) is 6.92 Å². The maximum absolute atomic E-state index is 13.2. The molecule has 0 aromatic heterocycles. The molecule has 2 aliphatic heterocycles. The molecular weight excluding hydrogens is 434 g/mol. The maximum atomic E-state index is 13.2. The van der Waals surface area contributed by atoms with Gasteiger partial charge in [-0.05, 0) is 47.7 Å². The summed E-state index contributed by atoms with van der Waals surface area (Å²) in [5.74, 6) is 2.13. The average molecular weight is 460 g/mol. The van der Waals surface area contributed by atoms with Crippen LogP contribution in [0.4, 0.5) is 0 Å². The van der Waals surface area contributed by atoms with Gasteiger partial charge in [-0.1, -0.05) is 67.9 Å². The van der Waals surface area contributed by atoms with E-state index in [2.05, 4.69) is 30.9 Å². The van der Waals surface area contributed by atoms with E-state index in [0.717, 1.165) is 33.0 Å². The van der Waals surface area contributed by atoms with Crippen molar-refractivity contribution in [2.45, 2.75) is 39.8 Å². The monoisotopic (exact) mass is 459 g/mol. The van der Waals surface area contributed by atoms with E-state index >= 15 is 0 Å². The minimum Gasteiger partial charge on any atom is -0.477 e. The van der Waals surface area contributed by atoms with E-state index in [1.807, 2.05) is 55.5 Å². The van der Waals surface area contributed by atoms with Gasteiger partial charge in [0.05, 0.1) is 5.56 Å². The van der Waals surface area contributed by atoms with Gasteiger partial charge in [0.25, 0.3) is 0 Å². The average Bonchev–Trinajstić information content (AvgIpc) is 3.11. The summed E-state index contributed by atoms with van der Waals surface area (Å²) in [5.41, 5.74) is 5.72. The van der Waals surface area contributed by atoms with Crippen LogP contribution in [0.15, 0.2) is 60.4 Å². The van der Waals surface area contributed by atoms with Crippen LogP contribution >= 0.6 is 11.6 Å². The largest absolute Gasteiger partial charge is 0.477 e. The summed E-state index contributed by atoms with van der Waals surface area (Å²) in [6.45, 7) is 8.09.